The second kappa shape index (κ2) is 6.55. The Labute approximate surface area is 135 Å². The number of nitrogens with one attached hydrogen (secondary N) is 1. The minimum atomic E-state index is -0.411. The first-order valence-electron chi connectivity index (χ1n) is 5.76. The predicted molar refractivity (Wildman–Crippen MR) is 83.2 cm³/mol. The first kappa shape index (κ1) is 15.3. The highest BCUT2D eigenvalue weighted by atomic mass is 79.9. The summed E-state index contributed by atoms with van der Waals surface area (Å²) in [6, 6.07) is 10.3. The van der Waals surface area contributed by atoms with E-state index in [1.54, 1.807) is 42.7 Å². The molecular weight excluding hydrogens is 360 g/mol. The summed E-state index contributed by atoms with van der Waals surface area (Å²) in [5.41, 5.74) is 3.45. The molecule has 0 aliphatic rings. The van der Waals surface area contributed by atoms with Crippen molar-refractivity contribution in [3.63, 3.8) is 0 Å². The van der Waals surface area contributed by atoms with Crippen molar-refractivity contribution in [3.8, 4) is 11.3 Å². The van der Waals surface area contributed by atoms with E-state index in [0.29, 0.717) is 10.8 Å². The summed E-state index contributed by atoms with van der Waals surface area (Å²) >= 11 is 5.91. The summed E-state index contributed by atoms with van der Waals surface area (Å²) in [5.74, 6) is 0.0591. The van der Waals surface area contributed by atoms with E-state index in [1.807, 2.05) is 6.07 Å². The monoisotopic (exact) mass is 368 g/mol. The van der Waals surface area contributed by atoms with E-state index in [9.17, 15) is 4.79 Å². The van der Waals surface area contributed by atoms with Crippen molar-refractivity contribution >= 4 is 34.5 Å². The van der Waals surface area contributed by atoms with E-state index in [0.717, 1.165) is 5.56 Å². The zero-order chi connectivity index (χ0) is 13.9. The molecule has 21 heavy (non-hydrogen) atoms. The molecule has 0 unspecified atom stereocenters. The van der Waals surface area contributed by atoms with E-state index < -0.39 is 5.91 Å². The zero-order valence-corrected chi connectivity index (χ0v) is 13.0. The number of aromatic nitrogens is 3. The van der Waals surface area contributed by atoms with Crippen LogP contribution in [0.25, 0.3) is 11.3 Å². The average Bonchev–Trinajstić information content (AvgIpc) is 3.09. The normalized spacial score (nSPS) is 9.95. The number of nitrogens with zero attached hydrogens (tertiary/aromatic N) is 3. The molecule has 0 bridgehead atoms. The Hall–Kier alpha value is -2.12. The Bertz CT molecular complexity index is 742. The van der Waals surface area contributed by atoms with Gasteiger partial charge in [-0.05, 0) is 18.2 Å². The molecule has 0 saturated carbocycles. The number of carbonyl (C=O) groups is 1. The minimum absolute atomic E-state index is 0. The standard InChI is InChI=1S/C13H9ClN4O2.BrH/c14-10-4-1-3-9(7-10)12-8-11(17-20-12)13(19)16-18-6-2-5-15-18;/h1-8H,(H,16,19);1H. The van der Waals surface area contributed by atoms with Crippen LogP contribution in [0.3, 0.4) is 0 Å². The SMILES string of the molecule is Br.O=C(Nn1cccn1)c1cc(-c2cccc(Cl)c2)on1. The summed E-state index contributed by atoms with van der Waals surface area (Å²) in [6.45, 7) is 0. The highest BCUT2D eigenvalue weighted by Gasteiger charge is 2.14. The maximum Gasteiger partial charge on any atom is 0.293 e. The van der Waals surface area contributed by atoms with Gasteiger partial charge in [0.1, 0.15) is 0 Å². The molecule has 0 atom stereocenters. The van der Waals surface area contributed by atoms with E-state index in [1.165, 1.54) is 4.79 Å². The second-order valence-electron chi connectivity index (χ2n) is 3.98. The summed E-state index contributed by atoms with van der Waals surface area (Å²) in [4.78, 5) is 13.2. The van der Waals surface area contributed by atoms with Gasteiger partial charge in [0.15, 0.2) is 11.5 Å². The van der Waals surface area contributed by atoms with Crippen molar-refractivity contribution in [1.82, 2.24) is 15.0 Å². The van der Waals surface area contributed by atoms with Gasteiger partial charge in [0.2, 0.25) is 0 Å². The van der Waals surface area contributed by atoms with Crippen LogP contribution >= 0.6 is 28.6 Å². The third-order valence-corrected chi connectivity index (χ3v) is 2.81. The van der Waals surface area contributed by atoms with Gasteiger partial charge in [0.25, 0.3) is 5.91 Å². The number of benzene rings is 1. The lowest BCUT2D eigenvalue weighted by atomic mass is 10.1. The van der Waals surface area contributed by atoms with Crippen LogP contribution in [0.4, 0.5) is 0 Å². The van der Waals surface area contributed by atoms with Gasteiger partial charge in [-0.3, -0.25) is 4.79 Å². The molecule has 108 valence electrons. The molecule has 0 aliphatic heterocycles. The van der Waals surface area contributed by atoms with Crippen LogP contribution in [0.5, 0.6) is 0 Å². The lowest BCUT2D eigenvalue weighted by Gasteiger charge is -2.00. The third kappa shape index (κ3) is 3.50. The van der Waals surface area contributed by atoms with E-state index in [-0.39, 0.29) is 22.7 Å². The van der Waals surface area contributed by atoms with Crippen LogP contribution in [0, 0.1) is 0 Å². The van der Waals surface area contributed by atoms with Gasteiger partial charge in [-0.2, -0.15) is 9.89 Å². The minimum Gasteiger partial charge on any atom is -0.355 e. The van der Waals surface area contributed by atoms with Gasteiger partial charge < -0.3 is 4.52 Å². The molecule has 2 heterocycles. The Morgan fingerprint density at radius 3 is 2.86 bits per heavy atom. The quantitative estimate of drug-likeness (QED) is 0.770. The van der Waals surface area contributed by atoms with E-state index in [2.05, 4.69) is 15.7 Å². The first-order chi connectivity index (χ1) is 9.72. The molecule has 0 saturated heterocycles. The lowest BCUT2D eigenvalue weighted by molar-refractivity contribution is 0.0996. The van der Waals surface area contributed by atoms with Crippen LogP contribution < -0.4 is 5.43 Å². The topological polar surface area (TPSA) is 73.0 Å². The zero-order valence-electron chi connectivity index (χ0n) is 10.6. The van der Waals surface area contributed by atoms with Gasteiger partial charge in [0.05, 0.1) is 6.20 Å². The Morgan fingerprint density at radius 2 is 2.14 bits per heavy atom. The number of amides is 1. The Morgan fingerprint density at radius 1 is 1.29 bits per heavy atom. The van der Waals surface area contributed by atoms with Crippen molar-refractivity contribution < 1.29 is 9.32 Å². The Kier molecular flexibility index (Phi) is 4.77. The fraction of sp³-hybridized carbons (Fsp3) is 0. The largest absolute Gasteiger partial charge is 0.355 e. The van der Waals surface area contributed by atoms with Gasteiger partial charge in [-0.25, -0.2) is 5.43 Å². The van der Waals surface area contributed by atoms with Gasteiger partial charge in [-0.1, -0.05) is 28.9 Å². The van der Waals surface area contributed by atoms with Gasteiger partial charge >= 0.3 is 0 Å². The summed E-state index contributed by atoms with van der Waals surface area (Å²) in [6.07, 6.45) is 3.16. The number of hydrogen-bond donors (Lipinski definition) is 1. The molecule has 0 aliphatic carbocycles. The molecule has 3 rings (SSSR count). The molecule has 2 aromatic heterocycles. The molecule has 3 aromatic rings. The summed E-state index contributed by atoms with van der Waals surface area (Å²) in [7, 11) is 0. The average molecular weight is 370 g/mol. The van der Waals surface area contributed by atoms with Gasteiger partial charge in [0, 0.05) is 22.8 Å². The van der Waals surface area contributed by atoms with Crippen molar-refractivity contribution in [3.05, 3.63) is 59.5 Å². The van der Waals surface area contributed by atoms with E-state index in [4.69, 9.17) is 16.1 Å². The Balaban J connectivity index is 0.00000161. The number of halogens is 2. The van der Waals surface area contributed by atoms with E-state index >= 15 is 0 Å². The van der Waals surface area contributed by atoms with Crippen molar-refractivity contribution in [2.45, 2.75) is 0 Å². The van der Waals surface area contributed by atoms with Crippen molar-refractivity contribution in [2.75, 3.05) is 5.43 Å². The molecule has 1 amide bonds. The van der Waals surface area contributed by atoms with Crippen molar-refractivity contribution in [2.24, 2.45) is 0 Å². The first-order valence-corrected chi connectivity index (χ1v) is 6.14. The fourth-order valence-corrected chi connectivity index (χ4v) is 1.85. The predicted octanol–water partition coefficient (Wildman–Crippen LogP) is 3.15. The van der Waals surface area contributed by atoms with Crippen LogP contribution in [-0.4, -0.2) is 21.0 Å². The van der Waals surface area contributed by atoms with Crippen LogP contribution in [0.1, 0.15) is 10.5 Å². The second-order valence-corrected chi connectivity index (χ2v) is 4.41. The highest BCUT2D eigenvalue weighted by Crippen LogP contribution is 2.23. The molecule has 0 fully saturated rings. The molecule has 1 N–H and O–H groups in total. The van der Waals surface area contributed by atoms with Crippen LogP contribution in [0.2, 0.25) is 5.02 Å². The highest BCUT2D eigenvalue weighted by molar-refractivity contribution is 8.93. The fourth-order valence-electron chi connectivity index (χ4n) is 1.66. The summed E-state index contributed by atoms with van der Waals surface area (Å²) < 4.78 is 5.15. The smallest absolute Gasteiger partial charge is 0.293 e. The maximum atomic E-state index is 11.9. The van der Waals surface area contributed by atoms with Crippen LogP contribution in [-0.2, 0) is 0 Å². The molecule has 8 heteroatoms. The summed E-state index contributed by atoms with van der Waals surface area (Å²) in [5, 5.41) is 8.18. The molecular formula is C13H10BrClN4O2. The number of hydrogen-bond acceptors (Lipinski definition) is 4. The molecule has 0 radical (unpaired) electrons. The van der Waals surface area contributed by atoms with Crippen molar-refractivity contribution in [1.29, 1.82) is 0 Å². The van der Waals surface area contributed by atoms with Crippen LogP contribution in [0.15, 0.2) is 53.3 Å². The van der Waals surface area contributed by atoms with Gasteiger partial charge in [-0.15, -0.1) is 17.0 Å². The molecule has 1 aromatic carbocycles. The lowest BCUT2D eigenvalue weighted by Crippen LogP contribution is -2.23. The number of rotatable bonds is 3. The third-order valence-electron chi connectivity index (χ3n) is 2.57. The molecule has 0 spiro atoms. The maximum absolute atomic E-state index is 11.9. The molecule has 6 nitrogen and oxygen atoms in total. The number of carbonyl (C=O) groups excluding carboxylic acids is 1.